The number of aromatic amines is 1. The van der Waals surface area contributed by atoms with Crippen molar-refractivity contribution < 1.29 is 28.7 Å². The van der Waals surface area contributed by atoms with Gasteiger partial charge in [0.05, 0.1) is 13.2 Å². The van der Waals surface area contributed by atoms with Crippen LogP contribution in [0.3, 0.4) is 0 Å². The molecule has 3 aliphatic rings. The summed E-state index contributed by atoms with van der Waals surface area (Å²) in [6.45, 7) is 0.742. The molecule has 3 aromatic rings. The Bertz CT molecular complexity index is 1580. The minimum absolute atomic E-state index is 0.00137. The number of Topliss-reactive ketones (excluding diaryl/α,β-unsaturated/α-hetero) is 1. The molecule has 3 unspecified atom stereocenters. The molecular formula is C31H33N5O6. The Morgan fingerprint density at radius 2 is 1.88 bits per heavy atom. The summed E-state index contributed by atoms with van der Waals surface area (Å²) >= 11 is 0. The molecule has 2 fully saturated rings. The Hall–Kier alpha value is -4.67. The van der Waals surface area contributed by atoms with E-state index in [1.54, 1.807) is 31.4 Å². The summed E-state index contributed by atoms with van der Waals surface area (Å²) in [4.78, 5) is 71.1. The van der Waals surface area contributed by atoms with Gasteiger partial charge in [-0.3, -0.25) is 24.0 Å². The van der Waals surface area contributed by atoms with Crippen LogP contribution >= 0.6 is 0 Å². The van der Waals surface area contributed by atoms with Gasteiger partial charge >= 0.3 is 0 Å². The normalized spacial score (nSPS) is 20.4. The molecule has 218 valence electrons. The van der Waals surface area contributed by atoms with E-state index in [0.717, 1.165) is 29.3 Å². The van der Waals surface area contributed by atoms with Gasteiger partial charge in [-0.1, -0.05) is 30.3 Å². The highest BCUT2D eigenvalue weighted by Gasteiger charge is 2.41. The standard InChI is InChI=1S/C31H33N5O6/c1-42-25-8-4-7-22-21(25)16-24(34-22)31(41)36-14-12-17-5-2-3-6-20(17)26(36)29(39)35-23(15-18-11-13-32-28(18)38)27(37)30(40)33-19-9-10-19/h2-8,16,18-19,23,26,34H,9-15H2,1H3,(H,32,38)(H,33,40)(H,35,39). The maximum Gasteiger partial charge on any atom is 0.289 e. The number of ketones is 1. The first kappa shape index (κ1) is 27.5. The molecule has 1 aromatic heterocycles. The number of H-pyrrole nitrogens is 1. The average molecular weight is 572 g/mol. The molecule has 1 saturated heterocycles. The van der Waals surface area contributed by atoms with E-state index in [4.69, 9.17) is 4.74 Å². The highest BCUT2D eigenvalue weighted by atomic mass is 16.5. The molecule has 11 nitrogen and oxygen atoms in total. The Morgan fingerprint density at radius 3 is 2.62 bits per heavy atom. The van der Waals surface area contributed by atoms with Gasteiger partial charge in [-0.15, -0.1) is 0 Å². The zero-order valence-electron chi connectivity index (χ0n) is 23.3. The van der Waals surface area contributed by atoms with Crippen molar-refractivity contribution in [2.24, 2.45) is 5.92 Å². The maximum atomic E-state index is 14.1. The van der Waals surface area contributed by atoms with E-state index in [0.29, 0.717) is 36.4 Å². The van der Waals surface area contributed by atoms with Gasteiger partial charge in [0, 0.05) is 36.0 Å². The lowest BCUT2D eigenvalue weighted by atomic mass is 9.90. The summed E-state index contributed by atoms with van der Waals surface area (Å²) in [5, 5.41) is 8.95. The van der Waals surface area contributed by atoms with E-state index in [2.05, 4.69) is 20.9 Å². The lowest BCUT2D eigenvalue weighted by Gasteiger charge is -2.37. The van der Waals surface area contributed by atoms with Gasteiger partial charge in [0.1, 0.15) is 17.5 Å². The number of carbonyl (C=O) groups excluding carboxylic acids is 5. The number of nitrogens with zero attached hydrogens (tertiary/aromatic N) is 1. The fraction of sp³-hybridized carbons (Fsp3) is 0.387. The maximum absolute atomic E-state index is 14.1. The van der Waals surface area contributed by atoms with Crippen molar-refractivity contribution >= 4 is 40.3 Å². The topological polar surface area (TPSA) is 150 Å². The van der Waals surface area contributed by atoms with Crippen molar-refractivity contribution in [3.63, 3.8) is 0 Å². The third-order valence-electron chi connectivity index (χ3n) is 8.32. The molecule has 42 heavy (non-hydrogen) atoms. The number of amides is 4. The van der Waals surface area contributed by atoms with Crippen LogP contribution in [0.1, 0.15) is 53.3 Å². The number of benzene rings is 2. The first-order valence-corrected chi connectivity index (χ1v) is 14.3. The van der Waals surface area contributed by atoms with Crippen LogP contribution in [-0.2, 0) is 25.6 Å². The second-order valence-corrected chi connectivity index (χ2v) is 11.1. The summed E-state index contributed by atoms with van der Waals surface area (Å²) in [7, 11) is 1.56. The first-order valence-electron chi connectivity index (χ1n) is 14.3. The van der Waals surface area contributed by atoms with E-state index in [1.165, 1.54) is 4.90 Å². The van der Waals surface area contributed by atoms with Crippen LogP contribution in [0.15, 0.2) is 48.5 Å². The number of ether oxygens (including phenoxy) is 1. The van der Waals surface area contributed by atoms with Crippen LogP contribution in [0.2, 0.25) is 0 Å². The van der Waals surface area contributed by atoms with Crippen molar-refractivity contribution in [1.82, 2.24) is 25.8 Å². The van der Waals surface area contributed by atoms with Crippen LogP contribution in [0, 0.1) is 5.92 Å². The van der Waals surface area contributed by atoms with Crippen molar-refractivity contribution in [1.29, 1.82) is 0 Å². The third-order valence-corrected chi connectivity index (χ3v) is 8.32. The highest BCUT2D eigenvalue weighted by molar-refractivity contribution is 6.38. The second kappa shape index (κ2) is 11.3. The number of nitrogens with one attached hydrogen (secondary N) is 4. The predicted molar refractivity (Wildman–Crippen MR) is 153 cm³/mol. The van der Waals surface area contributed by atoms with E-state index >= 15 is 0 Å². The number of fused-ring (bicyclic) bond motifs is 2. The number of carbonyl (C=O) groups is 5. The summed E-state index contributed by atoms with van der Waals surface area (Å²) in [5.41, 5.74) is 2.59. The molecule has 2 aromatic carbocycles. The molecule has 0 bridgehead atoms. The van der Waals surface area contributed by atoms with E-state index in [-0.39, 0.29) is 30.8 Å². The minimum Gasteiger partial charge on any atom is -0.496 e. The van der Waals surface area contributed by atoms with E-state index in [1.807, 2.05) is 24.3 Å². The predicted octanol–water partition coefficient (Wildman–Crippen LogP) is 1.77. The summed E-state index contributed by atoms with van der Waals surface area (Å²) in [6.07, 6.45) is 2.65. The summed E-state index contributed by atoms with van der Waals surface area (Å²) < 4.78 is 5.45. The fourth-order valence-corrected chi connectivity index (χ4v) is 5.92. The van der Waals surface area contributed by atoms with Crippen LogP contribution in [0.5, 0.6) is 5.75 Å². The highest BCUT2D eigenvalue weighted by Crippen LogP contribution is 2.33. The Kier molecular flexibility index (Phi) is 7.40. The molecule has 4 N–H and O–H groups in total. The minimum atomic E-state index is -1.21. The first-order chi connectivity index (χ1) is 20.3. The Morgan fingerprint density at radius 1 is 1.07 bits per heavy atom. The van der Waals surface area contributed by atoms with Crippen molar-refractivity contribution in [3.8, 4) is 5.75 Å². The Labute approximate surface area is 242 Å². The van der Waals surface area contributed by atoms with E-state index in [9.17, 15) is 24.0 Å². The number of aromatic nitrogens is 1. The fourth-order valence-electron chi connectivity index (χ4n) is 5.92. The molecule has 3 atom stereocenters. The molecule has 4 amide bonds. The zero-order valence-corrected chi connectivity index (χ0v) is 23.3. The molecule has 2 aliphatic heterocycles. The van der Waals surface area contributed by atoms with Crippen LogP contribution in [0.4, 0.5) is 0 Å². The van der Waals surface area contributed by atoms with E-state index < -0.39 is 35.6 Å². The smallest absolute Gasteiger partial charge is 0.289 e. The molecule has 11 heteroatoms. The monoisotopic (exact) mass is 571 g/mol. The van der Waals surface area contributed by atoms with Crippen LogP contribution < -0.4 is 20.7 Å². The lowest BCUT2D eigenvalue weighted by molar-refractivity contribution is -0.141. The molecule has 3 heterocycles. The van der Waals surface area contributed by atoms with Crippen LogP contribution in [-0.4, -0.2) is 71.6 Å². The van der Waals surface area contributed by atoms with Gasteiger partial charge in [-0.2, -0.15) is 0 Å². The number of hydrogen-bond acceptors (Lipinski definition) is 6. The zero-order chi connectivity index (χ0) is 29.4. The molecule has 6 rings (SSSR count). The van der Waals surface area contributed by atoms with Crippen molar-refractivity contribution in [2.75, 3.05) is 20.2 Å². The van der Waals surface area contributed by atoms with Crippen molar-refractivity contribution in [3.05, 3.63) is 65.4 Å². The second-order valence-electron chi connectivity index (χ2n) is 11.1. The summed E-state index contributed by atoms with van der Waals surface area (Å²) in [6, 6.07) is 12.3. The van der Waals surface area contributed by atoms with Gasteiger partial charge in [0.2, 0.25) is 17.6 Å². The quantitative estimate of drug-likeness (QED) is 0.288. The lowest BCUT2D eigenvalue weighted by Crippen LogP contribution is -2.54. The number of hydrogen-bond donors (Lipinski definition) is 4. The van der Waals surface area contributed by atoms with Gasteiger partial charge in [-0.05, 0) is 61.4 Å². The van der Waals surface area contributed by atoms with Gasteiger partial charge in [-0.25, -0.2) is 0 Å². The average Bonchev–Trinajstić information content (AvgIpc) is 3.55. The van der Waals surface area contributed by atoms with Crippen molar-refractivity contribution in [2.45, 2.75) is 50.2 Å². The molecule has 0 spiro atoms. The molecule has 1 aliphatic carbocycles. The molecular weight excluding hydrogens is 538 g/mol. The molecule has 0 radical (unpaired) electrons. The van der Waals surface area contributed by atoms with Crippen LogP contribution in [0.25, 0.3) is 10.9 Å². The number of methoxy groups -OCH3 is 1. The van der Waals surface area contributed by atoms with Gasteiger partial charge in [0.15, 0.2) is 0 Å². The Balaban J connectivity index is 1.31. The number of rotatable bonds is 9. The SMILES string of the molecule is COc1cccc2[nH]c(C(=O)N3CCc4ccccc4C3C(=O)NC(CC3CCNC3=O)C(=O)C(=O)NC3CC3)cc12. The van der Waals surface area contributed by atoms with Gasteiger partial charge < -0.3 is 30.6 Å². The summed E-state index contributed by atoms with van der Waals surface area (Å²) in [5.74, 6) is -2.63. The van der Waals surface area contributed by atoms with Gasteiger partial charge in [0.25, 0.3) is 11.8 Å². The largest absolute Gasteiger partial charge is 0.496 e. The molecule has 1 saturated carbocycles. The third kappa shape index (κ3) is 5.34.